The van der Waals surface area contributed by atoms with Crippen LogP contribution in [0, 0.1) is 5.92 Å². The van der Waals surface area contributed by atoms with Crippen LogP contribution in [0.15, 0.2) is 18.2 Å². The zero-order valence-corrected chi connectivity index (χ0v) is 13.9. The molecule has 1 saturated heterocycles. The van der Waals surface area contributed by atoms with E-state index in [9.17, 15) is 0 Å². The molecule has 3 nitrogen and oxygen atoms in total. The standard InChI is InChI=1S/C18H30N2O/c1-5-21-18-9-8-16(14(3)19)11-17(18)12-20-10-6-7-13(2)15(20)4/h8-9,11,13-15H,5-7,10,12,19H2,1-4H3. The zero-order valence-electron chi connectivity index (χ0n) is 13.9. The fraction of sp³-hybridized carbons (Fsp3) is 0.667. The largest absolute Gasteiger partial charge is 0.494 e. The van der Waals surface area contributed by atoms with Crippen molar-refractivity contribution < 1.29 is 4.74 Å². The monoisotopic (exact) mass is 290 g/mol. The smallest absolute Gasteiger partial charge is 0.123 e. The number of hydrogen-bond donors (Lipinski definition) is 1. The Balaban J connectivity index is 2.21. The molecule has 1 aliphatic heterocycles. The molecule has 3 unspecified atom stereocenters. The van der Waals surface area contributed by atoms with E-state index in [2.05, 4.69) is 36.9 Å². The molecule has 0 bridgehead atoms. The second-order valence-corrected chi connectivity index (χ2v) is 6.42. The lowest BCUT2D eigenvalue weighted by Gasteiger charge is -2.38. The van der Waals surface area contributed by atoms with Crippen molar-refractivity contribution in [3.8, 4) is 5.75 Å². The quantitative estimate of drug-likeness (QED) is 0.898. The predicted octanol–water partition coefficient (Wildman–Crippen LogP) is 3.73. The third-order valence-corrected chi connectivity index (χ3v) is 4.79. The van der Waals surface area contributed by atoms with Crippen LogP contribution in [0.2, 0.25) is 0 Å². The Kier molecular flexibility index (Phi) is 5.65. The molecule has 1 fully saturated rings. The second-order valence-electron chi connectivity index (χ2n) is 6.42. The Morgan fingerprint density at radius 3 is 2.81 bits per heavy atom. The van der Waals surface area contributed by atoms with Gasteiger partial charge in [-0.3, -0.25) is 4.90 Å². The van der Waals surface area contributed by atoms with Crippen LogP contribution in [0.5, 0.6) is 5.75 Å². The van der Waals surface area contributed by atoms with Gasteiger partial charge in [0.05, 0.1) is 6.61 Å². The van der Waals surface area contributed by atoms with Crippen LogP contribution < -0.4 is 10.5 Å². The summed E-state index contributed by atoms with van der Waals surface area (Å²) in [6.07, 6.45) is 2.64. The molecular weight excluding hydrogens is 260 g/mol. The molecule has 1 aliphatic rings. The van der Waals surface area contributed by atoms with Crippen molar-refractivity contribution in [2.75, 3.05) is 13.2 Å². The van der Waals surface area contributed by atoms with E-state index >= 15 is 0 Å². The highest BCUT2D eigenvalue weighted by Gasteiger charge is 2.25. The van der Waals surface area contributed by atoms with Gasteiger partial charge in [0.15, 0.2) is 0 Å². The maximum Gasteiger partial charge on any atom is 0.123 e. The summed E-state index contributed by atoms with van der Waals surface area (Å²) in [4.78, 5) is 2.58. The Labute approximate surface area is 129 Å². The van der Waals surface area contributed by atoms with E-state index in [1.54, 1.807) is 0 Å². The average Bonchev–Trinajstić information content (AvgIpc) is 2.45. The molecule has 3 heteroatoms. The van der Waals surface area contributed by atoms with Crippen LogP contribution in [0.3, 0.4) is 0 Å². The average molecular weight is 290 g/mol. The van der Waals surface area contributed by atoms with Crippen LogP contribution in [0.25, 0.3) is 0 Å². The van der Waals surface area contributed by atoms with E-state index in [1.807, 2.05) is 13.8 Å². The topological polar surface area (TPSA) is 38.5 Å². The summed E-state index contributed by atoms with van der Waals surface area (Å²) in [7, 11) is 0. The maximum absolute atomic E-state index is 6.03. The maximum atomic E-state index is 6.03. The first-order valence-corrected chi connectivity index (χ1v) is 8.28. The number of hydrogen-bond acceptors (Lipinski definition) is 3. The fourth-order valence-electron chi connectivity index (χ4n) is 3.17. The molecule has 21 heavy (non-hydrogen) atoms. The third-order valence-electron chi connectivity index (χ3n) is 4.79. The fourth-order valence-corrected chi connectivity index (χ4v) is 3.17. The number of likely N-dealkylation sites (tertiary alicyclic amines) is 1. The summed E-state index contributed by atoms with van der Waals surface area (Å²) in [6.45, 7) is 11.6. The van der Waals surface area contributed by atoms with Crippen molar-refractivity contribution in [1.82, 2.24) is 4.90 Å². The van der Waals surface area contributed by atoms with E-state index < -0.39 is 0 Å². The summed E-state index contributed by atoms with van der Waals surface area (Å²) in [5, 5.41) is 0. The minimum absolute atomic E-state index is 0.0668. The molecular formula is C18H30N2O. The molecule has 0 spiro atoms. The zero-order chi connectivity index (χ0) is 15.4. The van der Waals surface area contributed by atoms with E-state index in [1.165, 1.54) is 30.5 Å². The van der Waals surface area contributed by atoms with Crippen LogP contribution in [-0.2, 0) is 6.54 Å². The summed E-state index contributed by atoms with van der Waals surface area (Å²) in [6, 6.07) is 7.09. The molecule has 1 aromatic carbocycles. The van der Waals surface area contributed by atoms with Crippen LogP contribution in [0.1, 0.15) is 57.7 Å². The van der Waals surface area contributed by atoms with Gasteiger partial charge in [-0.1, -0.05) is 13.0 Å². The van der Waals surface area contributed by atoms with Crippen molar-refractivity contribution in [3.63, 3.8) is 0 Å². The first-order valence-electron chi connectivity index (χ1n) is 8.28. The van der Waals surface area contributed by atoms with Gasteiger partial charge in [0, 0.05) is 24.2 Å². The molecule has 0 aromatic heterocycles. The van der Waals surface area contributed by atoms with Crippen LogP contribution >= 0.6 is 0 Å². The minimum atomic E-state index is 0.0668. The molecule has 0 radical (unpaired) electrons. The number of ether oxygens (including phenoxy) is 1. The first kappa shape index (κ1) is 16.3. The van der Waals surface area contributed by atoms with Gasteiger partial charge in [0.25, 0.3) is 0 Å². The molecule has 1 heterocycles. The van der Waals surface area contributed by atoms with E-state index in [0.29, 0.717) is 12.6 Å². The number of benzene rings is 1. The van der Waals surface area contributed by atoms with Crippen LogP contribution in [-0.4, -0.2) is 24.1 Å². The highest BCUT2D eigenvalue weighted by Crippen LogP contribution is 2.29. The summed E-state index contributed by atoms with van der Waals surface area (Å²) < 4.78 is 5.81. The molecule has 1 aromatic rings. The number of nitrogens with zero attached hydrogens (tertiary/aromatic N) is 1. The summed E-state index contributed by atoms with van der Waals surface area (Å²) in [5.41, 5.74) is 8.49. The van der Waals surface area contributed by atoms with Crippen molar-refractivity contribution in [2.45, 2.75) is 59.2 Å². The van der Waals surface area contributed by atoms with Gasteiger partial charge in [-0.15, -0.1) is 0 Å². The lowest BCUT2D eigenvalue weighted by atomic mass is 9.91. The van der Waals surface area contributed by atoms with Gasteiger partial charge in [0.1, 0.15) is 5.75 Å². The number of nitrogens with two attached hydrogens (primary N) is 1. The lowest BCUT2D eigenvalue weighted by molar-refractivity contribution is 0.105. The molecule has 2 N–H and O–H groups in total. The molecule has 0 aliphatic carbocycles. The summed E-state index contributed by atoms with van der Waals surface area (Å²) in [5.74, 6) is 1.78. The number of piperidine rings is 1. The van der Waals surface area contributed by atoms with Gasteiger partial charge in [-0.2, -0.15) is 0 Å². The van der Waals surface area contributed by atoms with Gasteiger partial charge in [-0.25, -0.2) is 0 Å². The lowest BCUT2D eigenvalue weighted by Crippen LogP contribution is -2.41. The molecule has 0 saturated carbocycles. The number of rotatable bonds is 5. The SMILES string of the molecule is CCOc1ccc(C(C)N)cc1CN1CCCC(C)C1C. The Hall–Kier alpha value is -1.06. The third kappa shape index (κ3) is 3.98. The van der Waals surface area contributed by atoms with Crippen molar-refractivity contribution in [3.05, 3.63) is 29.3 Å². The summed E-state index contributed by atoms with van der Waals surface area (Å²) >= 11 is 0. The Bertz CT molecular complexity index is 459. The highest BCUT2D eigenvalue weighted by atomic mass is 16.5. The van der Waals surface area contributed by atoms with E-state index in [4.69, 9.17) is 10.5 Å². The minimum Gasteiger partial charge on any atom is -0.494 e. The molecule has 3 atom stereocenters. The van der Waals surface area contributed by atoms with Gasteiger partial charge in [0.2, 0.25) is 0 Å². The van der Waals surface area contributed by atoms with E-state index in [-0.39, 0.29) is 6.04 Å². The van der Waals surface area contributed by atoms with Gasteiger partial charge >= 0.3 is 0 Å². The Morgan fingerprint density at radius 2 is 2.14 bits per heavy atom. The second kappa shape index (κ2) is 7.28. The van der Waals surface area contributed by atoms with Gasteiger partial charge < -0.3 is 10.5 Å². The van der Waals surface area contributed by atoms with E-state index in [0.717, 1.165) is 18.2 Å². The van der Waals surface area contributed by atoms with Gasteiger partial charge in [-0.05, 0) is 63.8 Å². The first-order chi connectivity index (χ1) is 10.0. The normalized spacial score (nSPS) is 24.8. The van der Waals surface area contributed by atoms with Crippen molar-refractivity contribution >= 4 is 0 Å². The predicted molar refractivity (Wildman–Crippen MR) is 88.5 cm³/mol. The molecule has 118 valence electrons. The van der Waals surface area contributed by atoms with Crippen molar-refractivity contribution in [1.29, 1.82) is 0 Å². The van der Waals surface area contributed by atoms with Crippen LogP contribution in [0.4, 0.5) is 0 Å². The molecule has 2 rings (SSSR count). The molecule has 0 amide bonds. The highest BCUT2D eigenvalue weighted by molar-refractivity contribution is 5.38. The van der Waals surface area contributed by atoms with Crippen molar-refractivity contribution in [2.24, 2.45) is 11.7 Å². The Morgan fingerprint density at radius 1 is 1.38 bits per heavy atom.